The molecule has 0 unspecified atom stereocenters. The van der Waals surface area contributed by atoms with Crippen LogP contribution in [0.2, 0.25) is 5.02 Å². The van der Waals surface area contributed by atoms with E-state index in [4.69, 9.17) is 16.3 Å². The molecule has 0 radical (unpaired) electrons. The highest BCUT2D eigenvalue weighted by Gasteiger charge is 2.35. The number of urea groups is 1. The Balaban J connectivity index is 1.60. The van der Waals surface area contributed by atoms with Crippen LogP contribution in [0.5, 0.6) is 0 Å². The van der Waals surface area contributed by atoms with E-state index in [1.165, 1.54) is 7.11 Å². The summed E-state index contributed by atoms with van der Waals surface area (Å²) in [6.45, 7) is 0.480. The fourth-order valence-corrected chi connectivity index (χ4v) is 4.02. The number of esters is 1. The average molecular weight is 439 g/mol. The quantitative estimate of drug-likeness (QED) is 0.597. The van der Waals surface area contributed by atoms with E-state index in [0.717, 1.165) is 22.5 Å². The Hall–Kier alpha value is -3.32. The number of amides is 2. The minimum absolute atomic E-state index is 0.340. The van der Waals surface area contributed by atoms with E-state index in [9.17, 15) is 9.59 Å². The maximum absolute atomic E-state index is 13.3. The molecule has 2 heterocycles. The van der Waals surface area contributed by atoms with Crippen molar-refractivity contribution in [2.75, 3.05) is 13.7 Å². The fourth-order valence-electron chi connectivity index (χ4n) is 3.90. The monoisotopic (exact) mass is 438 g/mol. The summed E-state index contributed by atoms with van der Waals surface area (Å²) in [6, 6.07) is 15.3. The Kier molecular flexibility index (Phi) is 6.23. The fraction of sp³-hybridized carbons (Fsp3) is 0.261. The van der Waals surface area contributed by atoms with E-state index in [2.05, 4.69) is 15.3 Å². The lowest BCUT2D eigenvalue weighted by molar-refractivity contribution is -0.142. The van der Waals surface area contributed by atoms with Gasteiger partial charge in [-0.15, -0.1) is 0 Å². The number of rotatable bonds is 5. The summed E-state index contributed by atoms with van der Waals surface area (Å²) in [7, 11) is 1.32. The minimum Gasteiger partial charge on any atom is -0.467 e. The van der Waals surface area contributed by atoms with Gasteiger partial charge in [0.2, 0.25) is 0 Å². The number of hydrogen-bond donors (Lipinski definition) is 2. The predicted molar refractivity (Wildman–Crippen MR) is 117 cm³/mol. The van der Waals surface area contributed by atoms with Gasteiger partial charge in [0.25, 0.3) is 0 Å². The van der Waals surface area contributed by atoms with E-state index in [-0.39, 0.29) is 12.1 Å². The Morgan fingerprint density at radius 3 is 2.68 bits per heavy atom. The molecule has 3 aromatic rings. The third kappa shape index (κ3) is 4.56. The highest BCUT2D eigenvalue weighted by atomic mass is 35.5. The number of ether oxygens (including phenoxy) is 1. The summed E-state index contributed by atoms with van der Waals surface area (Å²) in [4.78, 5) is 35.1. The van der Waals surface area contributed by atoms with Crippen LogP contribution in [-0.2, 0) is 22.4 Å². The van der Waals surface area contributed by atoms with Gasteiger partial charge in [-0.25, -0.2) is 14.6 Å². The van der Waals surface area contributed by atoms with Gasteiger partial charge >= 0.3 is 12.0 Å². The first-order valence-corrected chi connectivity index (χ1v) is 10.4. The number of carbonyl (C=O) groups excluding carboxylic acids is 2. The van der Waals surface area contributed by atoms with Crippen molar-refractivity contribution in [2.24, 2.45) is 0 Å². The zero-order valence-electron chi connectivity index (χ0n) is 17.0. The number of methoxy groups -OCH3 is 1. The Morgan fingerprint density at radius 2 is 1.97 bits per heavy atom. The SMILES string of the molecule is COC(=O)[C@H](Cc1ccccc1)NC(=O)N1CCc2[nH]cnc2[C@H]1c1ccc(Cl)cc1. The summed E-state index contributed by atoms with van der Waals surface area (Å²) in [5, 5.41) is 3.49. The van der Waals surface area contributed by atoms with E-state index in [0.29, 0.717) is 24.4 Å². The van der Waals surface area contributed by atoms with E-state index in [1.807, 2.05) is 42.5 Å². The van der Waals surface area contributed by atoms with Crippen molar-refractivity contribution in [1.82, 2.24) is 20.2 Å². The topological polar surface area (TPSA) is 87.3 Å². The van der Waals surface area contributed by atoms with Crippen LogP contribution in [-0.4, -0.2) is 46.6 Å². The summed E-state index contributed by atoms with van der Waals surface area (Å²) in [5.74, 6) is -0.488. The molecule has 2 aromatic carbocycles. The first kappa shape index (κ1) is 20.9. The minimum atomic E-state index is -0.800. The first-order valence-electron chi connectivity index (χ1n) is 10.0. The van der Waals surface area contributed by atoms with Crippen LogP contribution in [0.4, 0.5) is 4.79 Å². The molecule has 0 bridgehead atoms. The van der Waals surface area contributed by atoms with Crippen molar-refractivity contribution in [3.8, 4) is 0 Å². The third-order valence-electron chi connectivity index (χ3n) is 5.44. The summed E-state index contributed by atoms with van der Waals surface area (Å²) < 4.78 is 4.94. The molecule has 1 aliphatic heterocycles. The number of nitrogens with one attached hydrogen (secondary N) is 2. The molecule has 160 valence electrons. The molecule has 4 rings (SSSR count). The van der Waals surface area contributed by atoms with Crippen LogP contribution in [0.1, 0.15) is 28.6 Å². The zero-order valence-corrected chi connectivity index (χ0v) is 17.8. The number of H-pyrrole nitrogens is 1. The predicted octanol–water partition coefficient (Wildman–Crippen LogP) is 3.50. The second kappa shape index (κ2) is 9.22. The molecular formula is C23H23ClN4O3. The molecule has 2 N–H and O–H groups in total. The standard InChI is InChI=1S/C23H23ClN4O3/c1-31-22(29)19(13-15-5-3-2-4-6-15)27-23(30)28-12-11-18-20(26-14-25-18)21(28)16-7-9-17(24)10-8-16/h2-10,14,19,21H,11-13H2,1H3,(H,25,26)(H,27,30)/t19-,21+/m0/s1. The van der Waals surface area contributed by atoms with Gasteiger partial charge in [-0.2, -0.15) is 0 Å². The summed E-state index contributed by atoms with van der Waals surface area (Å²) >= 11 is 6.06. The lowest BCUT2D eigenvalue weighted by Gasteiger charge is -2.36. The second-order valence-electron chi connectivity index (χ2n) is 7.38. The highest BCUT2D eigenvalue weighted by Crippen LogP contribution is 2.33. The van der Waals surface area contributed by atoms with E-state index < -0.39 is 12.0 Å². The Labute approximate surface area is 185 Å². The molecule has 2 atom stereocenters. The van der Waals surface area contributed by atoms with Crippen molar-refractivity contribution in [3.05, 3.63) is 88.5 Å². The van der Waals surface area contributed by atoms with Gasteiger partial charge in [0, 0.05) is 30.1 Å². The van der Waals surface area contributed by atoms with Gasteiger partial charge in [0.05, 0.1) is 19.1 Å². The number of carbonyl (C=O) groups is 2. The first-order chi connectivity index (χ1) is 15.1. The van der Waals surface area contributed by atoms with Crippen molar-refractivity contribution in [2.45, 2.75) is 24.9 Å². The number of hydrogen-bond acceptors (Lipinski definition) is 4. The largest absolute Gasteiger partial charge is 0.467 e. The summed E-state index contributed by atoms with van der Waals surface area (Å²) in [5.41, 5.74) is 3.62. The molecule has 31 heavy (non-hydrogen) atoms. The van der Waals surface area contributed by atoms with Gasteiger partial charge < -0.3 is 19.9 Å². The summed E-state index contributed by atoms with van der Waals surface area (Å²) in [6.07, 6.45) is 2.63. The number of fused-ring (bicyclic) bond motifs is 1. The normalized spacial score (nSPS) is 16.3. The van der Waals surface area contributed by atoms with Gasteiger partial charge in [-0.05, 0) is 23.3 Å². The molecule has 0 saturated carbocycles. The molecule has 1 aromatic heterocycles. The Morgan fingerprint density at radius 1 is 1.23 bits per heavy atom. The van der Waals surface area contributed by atoms with E-state index in [1.54, 1.807) is 23.4 Å². The molecule has 1 aliphatic rings. The number of halogens is 1. The van der Waals surface area contributed by atoms with Crippen molar-refractivity contribution < 1.29 is 14.3 Å². The molecular weight excluding hydrogens is 416 g/mol. The Bertz CT molecular complexity index is 1050. The van der Waals surface area contributed by atoms with Gasteiger partial charge in [-0.1, -0.05) is 54.1 Å². The van der Waals surface area contributed by atoms with Crippen molar-refractivity contribution >= 4 is 23.6 Å². The lowest BCUT2D eigenvalue weighted by atomic mass is 9.96. The number of benzene rings is 2. The smallest absolute Gasteiger partial charge is 0.328 e. The molecule has 0 saturated heterocycles. The number of nitrogens with zero attached hydrogens (tertiary/aromatic N) is 2. The molecule has 0 aliphatic carbocycles. The molecule has 8 heteroatoms. The maximum atomic E-state index is 13.3. The molecule has 2 amide bonds. The van der Waals surface area contributed by atoms with Gasteiger partial charge in [0.15, 0.2) is 0 Å². The molecule has 0 fully saturated rings. The van der Waals surface area contributed by atoms with Gasteiger partial charge in [0.1, 0.15) is 12.1 Å². The van der Waals surface area contributed by atoms with Crippen LogP contribution in [0.3, 0.4) is 0 Å². The van der Waals surface area contributed by atoms with Crippen LogP contribution in [0.15, 0.2) is 60.9 Å². The number of imidazole rings is 1. The van der Waals surface area contributed by atoms with Crippen LogP contribution in [0.25, 0.3) is 0 Å². The maximum Gasteiger partial charge on any atom is 0.328 e. The molecule has 0 spiro atoms. The number of aromatic amines is 1. The van der Waals surface area contributed by atoms with Crippen molar-refractivity contribution in [1.29, 1.82) is 0 Å². The second-order valence-corrected chi connectivity index (χ2v) is 7.82. The molecule has 7 nitrogen and oxygen atoms in total. The van der Waals surface area contributed by atoms with Crippen LogP contribution in [0, 0.1) is 0 Å². The van der Waals surface area contributed by atoms with Crippen molar-refractivity contribution in [3.63, 3.8) is 0 Å². The van der Waals surface area contributed by atoms with Gasteiger partial charge in [-0.3, -0.25) is 0 Å². The van der Waals surface area contributed by atoms with Crippen LogP contribution >= 0.6 is 11.6 Å². The number of aromatic nitrogens is 2. The third-order valence-corrected chi connectivity index (χ3v) is 5.69. The van der Waals surface area contributed by atoms with E-state index >= 15 is 0 Å². The highest BCUT2D eigenvalue weighted by molar-refractivity contribution is 6.30. The lowest BCUT2D eigenvalue weighted by Crippen LogP contribution is -2.52. The average Bonchev–Trinajstić information content (AvgIpc) is 3.27. The zero-order chi connectivity index (χ0) is 21.8. The van der Waals surface area contributed by atoms with Crippen LogP contribution < -0.4 is 5.32 Å².